The highest BCUT2D eigenvalue weighted by atomic mass is 16.5. The van der Waals surface area contributed by atoms with E-state index in [1.807, 2.05) is 6.92 Å². The van der Waals surface area contributed by atoms with Gasteiger partial charge in [-0.15, -0.1) is 0 Å². The average Bonchev–Trinajstić information content (AvgIpc) is 2.56. The van der Waals surface area contributed by atoms with Gasteiger partial charge in [-0.25, -0.2) is 0 Å². The molecule has 0 unspecified atom stereocenters. The zero-order valence-electron chi connectivity index (χ0n) is 13.4. The van der Waals surface area contributed by atoms with Gasteiger partial charge in [-0.3, -0.25) is 9.69 Å². The van der Waals surface area contributed by atoms with Crippen LogP contribution in [0.4, 0.5) is 0 Å². The monoisotopic (exact) mass is 307 g/mol. The minimum Gasteiger partial charge on any atom is -0.493 e. The number of carbonyl (C=O) groups excluding carboxylic acids is 1. The Morgan fingerprint density at radius 1 is 1.32 bits per heavy atom. The first-order valence-electron chi connectivity index (χ1n) is 7.76. The molecule has 0 aliphatic carbocycles. The Bertz CT molecular complexity index is 488. The van der Waals surface area contributed by atoms with E-state index >= 15 is 0 Å². The summed E-state index contributed by atoms with van der Waals surface area (Å²) < 4.78 is 10.7. The van der Waals surface area contributed by atoms with Gasteiger partial charge in [-0.1, -0.05) is 0 Å². The van der Waals surface area contributed by atoms with E-state index in [2.05, 4.69) is 15.5 Å². The second-order valence-corrected chi connectivity index (χ2v) is 5.15. The fraction of sp³-hybridized carbons (Fsp3) is 0.562. The maximum Gasteiger partial charge on any atom is 0.251 e. The van der Waals surface area contributed by atoms with Crippen molar-refractivity contribution in [1.29, 1.82) is 0 Å². The van der Waals surface area contributed by atoms with Crippen LogP contribution in [0, 0.1) is 0 Å². The fourth-order valence-electron chi connectivity index (χ4n) is 2.45. The molecule has 1 amide bonds. The van der Waals surface area contributed by atoms with Crippen molar-refractivity contribution in [1.82, 2.24) is 15.5 Å². The van der Waals surface area contributed by atoms with Crippen molar-refractivity contribution in [2.75, 3.05) is 53.0 Å². The summed E-state index contributed by atoms with van der Waals surface area (Å²) in [5.74, 6) is 1.15. The maximum atomic E-state index is 12.2. The van der Waals surface area contributed by atoms with Crippen LogP contribution in [-0.2, 0) is 0 Å². The van der Waals surface area contributed by atoms with Gasteiger partial charge < -0.3 is 20.1 Å². The average molecular weight is 307 g/mol. The van der Waals surface area contributed by atoms with Crippen LogP contribution in [0.15, 0.2) is 18.2 Å². The summed E-state index contributed by atoms with van der Waals surface area (Å²) in [6.45, 7) is 8.10. The number of nitrogens with zero attached hydrogens (tertiary/aromatic N) is 1. The molecule has 6 heteroatoms. The zero-order valence-corrected chi connectivity index (χ0v) is 13.4. The summed E-state index contributed by atoms with van der Waals surface area (Å²) in [6, 6.07) is 5.24. The summed E-state index contributed by atoms with van der Waals surface area (Å²) in [5, 5.41) is 6.26. The normalized spacial score (nSPS) is 15.4. The number of ether oxygens (including phenoxy) is 2. The molecule has 1 aliphatic rings. The zero-order chi connectivity index (χ0) is 15.8. The van der Waals surface area contributed by atoms with Gasteiger partial charge in [0.05, 0.1) is 13.7 Å². The molecule has 2 rings (SSSR count). The van der Waals surface area contributed by atoms with E-state index < -0.39 is 0 Å². The Morgan fingerprint density at radius 2 is 2.09 bits per heavy atom. The SMILES string of the molecule is CCOc1ccc(C(=O)NCCN2CCNCC2)cc1OC. The van der Waals surface area contributed by atoms with Gasteiger partial charge in [0, 0.05) is 44.8 Å². The molecule has 122 valence electrons. The van der Waals surface area contributed by atoms with Crippen LogP contribution in [0.2, 0.25) is 0 Å². The molecule has 0 radical (unpaired) electrons. The molecule has 1 heterocycles. The first-order chi connectivity index (χ1) is 10.7. The molecule has 0 saturated carbocycles. The van der Waals surface area contributed by atoms with Crippen LogP contribution in [0.25, 0.3) is 0 Å². The predicted molar refractivity (Wildman–Crippen MR) is 85.8 cm³/mol. The van der Waals surface area contributed by atoms with Gasteiger partial charge >= 0.3 is 0 Å². The van der Waals surface area contributed by atoms with Gasteiger partial charge in [0.25, 0.3) is 5.91 Å². The third-order valence-electron chi connectivity index (χ3n) is 3.65. The molecule has 1 saturated heterocycles. The quantitative estimate of drug-likeness (QED) is 0.777. The van der Waals surface area contributed by atoms with Crippen molar-refractivity contribution in [3.05, 3.63) is 23.8 Å². The number of hydrogen-bond donors (Lipinski definition) is 2. The Morgan fingerprint density at radius 3 is 2.77 bits per heavy atom. The molecule has 0 bridgehead atoms. The van der Waals surface area contributed by atoms with Crippen LogP contribution >= 0.6 is 0 Å². The van der Waals surface area contributed by atoms with Crippen LogP contribution in [0.5, 0.6) is 11.5 Å². The van der Waals surface area contributed by atoms with Gasteiger partial charge in [0.2, 0.25) is 0 Å². The van der Waals surface area contributed by atoms with E-state index in [0.29, 0.717) is 30.2 Å². The largest absolute Gasteiger partial charge is 0.493 e. The molecule has 1 aliphatic heterocycles. The first-order valence-corrected chi connectivity index (χ1v) is 7.76. The lowest BCUT2D eigenvalue weighted by Gasteiger charge is -2.27. The highest BCUT2D eigenvalue weighted by Gasteiger charge is 2.12. The molecule has 0 spiro atoms. The summed E-state index contributed by atoms with van der Waals surface area (Å²) in [7, 11) is 1.57. The minimum atomic E-state index is -0.0866. The molecule has 0 atom stereocenters. The Kier molecular flexibility index (Phi) is 6.48. The summed E-state index contributed by atoms with van der Waals surface area (Å²) in [6.07, 6.45) is 0. The number of piperazine rings is 1. The molecule has 1 aromatic rings. The van der Waals surface area contributed by atoms with Crippen molar-refractivity contribution < 1.29 is 14.3 Å². The first kappa shape index (κ1) is 16.6. The van der Waals surface area contributed by atoms with E-state index in [4.69, 9.17) is 9.47 Å². The predicted octanol–water partition coefficient (Wildman–Crippen LogP) is 0.729. The number of amides is 1. The molecular formula is C16H25N3O3. The van der Waals surface area contributed by atoms with Gasteiger partial charge in [0.15, 0.2) is 11.5 Å². The summed E-state index contributed by atoms with van der Waals surface area (Å²) in [4.78, 5) is 14.5. The molecule has 22 heavy (non-hydrogen) atoms. The number of rotatable bonds is 7. The number of benzene rings is 1. The summed E-state index contributed by atoms with van der Waals surface area (Å²) >= 11 is 0. The Balaban J connectivity index is 1.86. The molecule has 0 aromatic heterocycles. The van der Waals surface area contributed by atoms with E-state index in [-0.39, 0.29) is 5.91 Å². The minimum absolute atomic E-state index is 0.0866. The number of nitrogens with one attached hydrogen (secondary N) is 2. The smallest absolute Gasteiger partial charge is 0.251 e. The molecule has 1 fully saturated rings. The number of methoxy groups -OCH3 is 1. The van der Waals surface area contributed by atoms with Gasteiger partial charge in [0.1, 0.15) is 0 Å². The topological polar surface area (TPSA) is 62.8 Å². The lowest BCUT2D eigenvalue weighted by molar-refractivity contribution is 0.0947. The van der Waals surface area contributed by atoms with Crippen LogP contribution < -0.4 is 20.1 Å². The van der Waals surface area contributed by atoms with Gasteiger partial charge in [-0.2, -0.15) is 0 Å². The molecule has 6 nitrogen and oxygen atoms in total. The second kappa shape index (κ2) is 8.60. The number of hydrogen-bond acceptors (Lipinski definition) is 5. The Hall–Kier alpha value is -1.79. The lowest BCUT2D eigenvalue weighted by atomic mass is 10.2. The second-order valence-electron chi connectivity index (χ2n) is 5.15. The Labute approximate surface area is 131 Å². The van der Waals surface area contributed by atoms with E-state index in [0.717, 1.165) is 32.7 Å². The van der Waals surface area contributed by atoms with Gasteiger partial charge in [-0.05, 0) is 25.1 Å². The van der Waals surface area contributed by atoms with Crippen molar-refractivity contribution in [3.63, 3.8) is 0 Å². The van der Waals surface area contributed by atoms with Crippen molar-refractivity contribution in [3.8, 4) is 11.5 Å². The van der Waals surface area contributed by atoms with Crippen molar-refractivity contribution >= 4 is 5.91 Å². The van der Waals surface area contributed by atoms with E-state index in [1.54, 1.807) is 25.3 Å². The standard InChI is InChI=1S/C16H25N3O3/c1-3-22-14-5-4-13(12-15(14)21-2)16(20)18-8-11-19-9-6-17-7-10-19/h4-5,12,17H,3,6-11H2,1-2H3,(H,18,20). The number of carbonyl (C=O) groups is 1. The van der Waals surface area contributed by atoms with Crippen molar-refractivity contribution in [2.24, 2.45) is 0 Å². The van der Waals surface area contributed by atoms with Crippen LogP contribution in [0.1, 0.15) is 17.3 Å². The highest BCUT2D eigenvalue weighted by Crippen LogP contribution is 2.27. The van der Waals surface area contributed by atoms with E-state index in [1.165, 1.54) is 0 Å². The molecule has 1 aromatic carbocycles. The molecule has 2 N–H and O–H groups in total. The highest BCUT2D eigenvalue weighted by molar-refractivity contribution is 5.94. The van der Waals surface area contributed by atoms with Crippen molar-refractivity contribution in [2.45, 2.75) is 6.92 Å². The maximum absolute atomic E-state index is 12.2. The lowest BCUT2D eigenvalue weighted by Crippen LogP contribution is -2.46. The summed E-state index contributed by atoms with van der Waals surface area (Å²) in [5.41, 5.74) is 0.584. The van der Waals surface area contributed by atoms with Crippen LogP contribution in [-0.4, -0.2) is 63.8 Å². The third kappa shape index (κ3) is 4.61. The van der Waals surface area contributed by atoms with Crippen LogP contribution in [0.3, 0.4) is 0 Å². The molecular weight excluding hydrogens is 282 g/mol. The van der Waals surface area contributed by atoms with E-state index in [9.17, 15) is 4.79 Å². The third-order valence-corrected chi connectivity index (χ3v) is 3.65. The fourth-order valence-corrected chi connectivity index (χ4v) is 2.45.